The molecule has 20 heavy (non-hydrogen) atoms. The summed E-state index contributed by atoms with van der Waals surface area (Å²) < 4.78 is 25.8. The molecular formula is C13H18N4O2S. The van der Waals surface area contributed by atoms with Gasteiger partial charge in [0.1, 0.15) is 0 Å². The number of rotatable bonds is 5. The maximum atomic E-state index is 11.7. The third-order valence-electron chi connectivity index (χ3n) is 3.16. The number of nitrogens with one attached hydrogen (secondary N) is 3. The minimum absolute atomic E-state index is 0.241. The molecule has 0 saturated carbocycles. The van der Waals surface area contributed by atoms with Gasteiger partial charge in [-0.25, -0.2) is 13.1 Å². The zero-order valence-corrected chi connectivity index (χ0v) is 12.5. The van der Waals surface area contributed by atoms with Gasteiger partial charge in [0.15, 0.2) is 0 Å². The molecule has 0 aliphatic carbocycles. The van der Waals surface area contributed by atoms with Gasteiger partial charge in [-0.1, -0.05) is 6.07 Å². The first-order chi connectivity index (χ1) is 9.44. The first kappa shape index (κ1) is 14.5. The number of H-pyrrole nitrogens is 1. The van der Waals surface area contributed by atoms with Crippen LogP contribution in [0.3, 0.4) is 0 Å². The molecule has 0 unspecified atom stereocenters. The summed E-state index contributed by atoms with van der Waals surface area (Å²) in [5, 5.41) is 10.3. The molecule has 108 valence electrons. The number of nitrogens with zero attached hydrogens (tertiary/aromatic N) is 1. The van der Waals surface area contributed by atoms with E-state index in [4.69, 9.17) is 0 Å². The first-order valence-corrected chi connectivity index (χ1v) is 7.70. The maximum Gasteiger partial charge on any atom is 0.240 e. The van der Waals surface area contributed by atoms with Crippen LogP contribution in [0.2, 0.25) is 0 Å². The molecule has 1 aromatic carbocycles. The molecule has 6 nitrogen and oxygen atoms in total. The number of anilines is 1. The Balaban J connectivity index is 2.17. The van der Waals surface area contributed by atoms with E-state index < -0.39 is 10.0 Å². The zero-order chi connectivity index (χ0) is 14.8. The van der Waals surface area contributed by atoms with E-state index in [0.29, 0.717) is 6.54 Å². The molecule has 0 aliphatic heterocycles. The quantitative estimate of drug-likeness (QED) is 0.781. The number of aromatic amines is 1. The normalized spacial score (nSPS) is 11.6. The van der Waals surface area contributed by atoms with Crippen LogP contribution in [0.4, 0.5) is 5.69 Å². The van der Waals surface area contributed by atoms with Crippen LogP contribution in [0.1, 0.15) is 17.0 Å². The summed E-state index contributed by atoms with van der Waals surface area (Å²) in [5.74, 6) is 0. The third-order valence-corrected chi connectivity index (χ3v) is 4.58. The van der Waals surface area contributed by atoms with Crippen molar-refractivity contribution in [1.82, 2.24) is 14.9 Å². The van der Waals surface area contributed by atoms with Crippen molar-refractivity contribution >= 4 is 15.7 Å². The molecule has 2 rings (SSSR count). The SMILES string of the molecule is CNS(=O)(=O)c1cccc(NCc2c(C)n[nH]c2C)c1. The average molecular weight is 294 g/mol. The highest BCUT2D eigenvalue weighted by molar-refractivity contribution is 7.89. The predicted octanol–water partition coefficient (Wildman–Crippen LogP) is 1.55. The minimum Gasteiger partial charge on any atom is -0.381 e. The van der Waals surface area contributed by atoms with Crippen molar-refractivity contribution < 1.29 is 8.42 Å². The van der Waals surface area contributed by atoms with Gasteiger partial charge in [-0.15, -0.1) is 0 Å². The van der Waals surface area contributed by atoms with Gasteiger partial charge in [-0.3, -0.25) is 5.10 Å². The Hall–Kier alpha value is -1.86. The second kappa shape index (κ2) is 5.64. The summed E-state index contributed by atoms with van der Waals surface area (Å²) in [5.41, 5.74) is 3.79. The Morgan fingerprint density at radius 2 is 2.05 bits per heavy atom. The highest BCUT2D eigenvalue weighted by atomic mass is 32.2. The van der Waals surface area contributed by atoms with Gasteiger partial charge in [-0.2, -0.15) is 5.10 Å². The van der Waals surface area contributed by atoms with Crippen LogP contribution in [-0.2, 0) is 16.6 Å². The fourth-order valence-electron chi connectivity index (χ4n) is 1.92. The van der Waals surface area contributed by atoms with E-state index in [1.54, 1.807) is 18.2 Å². The van der Waals surface area contributed by atoms with Crippen molar-refractivity contribution in [2.45, 2.75) is 25.3 Å². The van der Waals surface area contributed by atoms with Gasteiger partial charge in [-0.05, 0) is 39.1 Å². The Bertz CT molecular complexity index is 687. The summed E-state index contributed by atoms with van der Waals surface area (Å²) in [6.45, 7) is 4.48. The lowest BCUT2D eigenvalue weighted by Crippen LogP contribution is -2.18. The smallest absolute Gasteiger partial charge is 0.240 e. The van der Waals surface area contributed by atoms with E-state index in [1.165, 1.54) is 7.05 Å². The molecular weight excluding hydrogens is 276 g/mol. The predicted molar refractivity (Wildman–Crippen MR) is 78.1 cm³/mol. The van der Waals surface area contributed by atoms with E-state index in [1.807, 2.05) is 19.9 Å². The average Bonchev–Trinajstić information content (AvgIpc) is 2.76. The number of sulfonamides is 1. The van der Waals surface area contributed by atoms with Gasteiger partial charge in [0, 0.05) is 23.5 Å². The van der Waals surface area contributed by atoms with E-state index in [-0.39, 0.29) is 4.90 Å². The lowest BCUT2D eigenvalue weighted by Gasteiger charge is -2.09. The Morgan fingerprint density at radius 1 is 1.30 bits per heavy atom. The topological polar surface area (TPSA) is 86.9 Å². The lowest BCUT2D eigenvalue weighted by atomic mass is 10.2. The Morgan fingerprint density at radius 3 is 2.65 bits per heavy atom. The van der Waals surface area contributed by atoms with Crippen molar-refractivity contribution in [2.75, 3.05) is 12.4 Å². The van der Waals surface area contributed by atoms with Gasteiger partial charge in [0.05, 0.1) is 10.6 Å². The van der Waals surface area contributed by atoms with Crippen LogP contribution in [0, 0.1) is 13.8 Å². The molecule has 0 radical (unpaired) electrons. The summed E-state index contributed by atoms with van der Waals surface area (Å²) in [7, 11) is -2.02. The lowest BCUT2D eigenvalue weighted by molar-refractivity contribution is 0.588. The standard InChI is InChI=1S/C13H18N4O2S/c1-9-13(10(2)17-16-9)8-15-11-5-4-6-12(7-11)20(18,19)14-3/h4-7,14-15H,8H2,1-3H3,(H,16,17). The zero-order valence-electron chi connectivity index (χ0n) is 11.7. The summed E-state index contributed by atoms with van der Waals surface area (Å²) in [4.78, 5) is 0.241. The highest BCUT2D eigenvalue weighted by Gasteiger charge is 2.11. The molecule has 0 bridgehead atoms. The third kappa shape index (κ3) is 3.00. The number of aromatic nitrogens is 2. The van der Waals surface area contributed by atoms with Crippen LogP contribution in [-0.4, -0.2) is 25.7 Å². The fourth-order valence-corrected chi connectivity index (χ4v) is 2.69. The fraction of sp³-hybridized carbons (Fsp3) is 0.308. The molecule has 0 atom stereocenters. The largest absolute Gasteiger partial charge is 0.381 e. The number of hydrogen-bond donors (Lipinski definition) is 3. The van der Waals surface area contributed by atoms with Gasteiger partial charge in [0.2, 0.25) is 10.0 Å². The summed E-state index contributed by atoms with van der Waals surface area (Å²) in [6, 6.07) is 6.71. The van der Waals surface area contributed by atoms with Crippen LogP contribution in [0.5, 0.6) is 0 Å². The number of benzene rings is 1. The van der Waals surface area contributed by atoms with Crippen molar-refractivity contribution in [1.29, 1.82) is 0 Å². The Kier molecular flexibility index (Phi) is 4.10. The summed E-state index contributed by atoms with van der Waals surface area (Å²) in [6.07, 6.45) is 0. The highest BCUT2D eigenvalue weighted by Crippen LogP contribution is 2.17. The number of aryl methyl sites for hydroxylation is 2. The van der Waals surface area contributed by atoms with E-state index >= 15 is 0 Å². The molecule has 7 heteroatoms. The van der Waals surface area contributed by atoms with Crippen LogP contribution in [0.25, 0.3) is 0 Å². The minimum atomic E-state index is -3.42. The molecule has 0 aliphatic rings. The number of hydrogen-bond acceptors (Lipinski definition) is 4. The maximum absolute atomic E-state index is 11.7. The van der Waals surface area contributed by atoms with Crippen molar-refractivity contribution in [2.24, 2.45) is 0 Å². The van der Waals surface area contributed by atoms with Crippen molar-refractivity contribution in [3.8, 4) is 0 Å². The van der Waals surface area contributed by atoms with Crippen LogP contribution >= 0.6 is 0 Å². The molecule has 2 aromatic rings. The van der Waals surface area contributed by atoms with Crippen molar-refractivity contribution in [3.05, 3.63) is 41.2 Å². The molecule has 0 amide bonds. The molecule has 0 saturated heterocycles. The second-order valence-electron chi connectivity index (χ2n) is 4.50. The van der Waals surface area contributed by atoms with Gasteiger partial charge >= 0.3 is 0 Å². The van der Waals surface area contributed by atoms with Crippen LogP contribution < -0.4 is 10.0 Å². The van der Waals surface area contributed by atoms with Crippen molar-refractivity contribution in [3.63, 3.8) is 0 Å². The Labute approximate surface area is 118 Å². The van der Waals surface area contributed by atoms with Gasteiger partial charge < -0.3 is 5.32 Å². The molecule has 0 spiro atoms. The molecule has 0 fully saturated rings. The van der Waals surface area contributed by atoms with E-state index in [9.17, 15) is 8.42 Å². The van der Waals surface area contributed by atoms with Crippen LogP contribution in [0.15, 0.2) is 29.2 Å². The first-order valence-electron chi connectivity index (χ1n) is 6.22. The summed E-state index contributed by atoms with van der Waals surface area (Å²) >= 11 is 0. The second-order valence-corrected chi connectivity index (χ2v) is 6.39. The van der Waals surface area contributed by atoms with E-state index in [2.05, 4.69) is 20.2 Å². The van der Waals surface area contributed by atoms with E-state index in [0.717, 1.165) is 22.6 Å². The molecule has 1 heterocycles. The van der Waals surface area contributed by atoms with Gasteiger partial charge in [0.25, 0.3) is 0 Å². The molecule has 1 aromatic heterocycles. The monoisotopic (exact) mass is 294 g/mol. The molecule has 3 N–H and O–H groups in total.